The molecule has 0 aliphatic heterocycles. The van der Waals surface area contributed by atoms with Crippen molar-refractivity contribution in [3.63, 3.8) is 0 Å². The molecule has 0 bridgehead atoms. The van der Waals surface area contributed by atoms with Gasteiger partial charge in [-0.1, -0.05) is 27.2 Å². The van der Waals surface area contributed by atoms with Gasteiger partial charge in [-0.2, -0.15) is 5.10 Å². The Morgan fingerprint density at radius 2 is 2.19 bits per heavy atom. The minimum atomic E-state index is -0.107. The van der Waals surface area contributed by atoms with E-state index < -0.39 is 0 Å². The molecular weight excluding hydrogens is 284 g/mol. The lowest BCUT2D eigenvalue weighted by atomic mass is 10.1. The minimum Gasteiger partial charge on any atom is -0.362 e. The van der Waals surface area contributed by atoms with E-state index in [2.05, 4.69) is 36.2 Å². The van der Waals surface area contributed by atoms with Crippen LogP contribution in [0.25, 0.3) is 11.3 Å². The number of nitrogens with zero attached hydrogens (tertiary/aromatic N) is 3. The van der Waals surface area contributed by atoms with E-state index in [-0.39, 0.29) is 11.5 Å². The second-order valence-corrected chi connectivity index (χ2v) is 6.24. The van der Waals surface area contributed by atoms with Crippen molar-refractivity contribution < 1.29 is 0 Å². The summed E-state index contributed by atoms with van der Waals surface area (Å²) in [4.78, 5) is 16.8. The first kappa shape index (κ1) is 15.7. The van der Waals surface area contributed by atoms with E-state index >= 15 is 0 Å². The zero-order chi connectivity index (χ0) is 15.4. The Kier molecular flexibility index (Phi) is 5.12. The van der Waals surface area contributed by atoms with Gasteiger partial charge in [0, 0.05) is 19.0 Å². The number of hydrogen-bond donors (Lipinski definition) is 1. The van der Waals surface area contributed by atoms with Crippen LogP contribution in [-0.4, -0.2) is 21.3 Å². The molecule has 0 aliphatic carbocycles. The predicted octanol–water partition coefficient (Wildman–Crippen LogP) is 3.24. The van der Waals surface area contributed by atoms with Crippen LogP contribution in [0.3, 0.4) is 0 Å². The van der Waals surface area contributed by atoms with Gasteiger partial charge in [-0.25, -0.2) is 9.67 Å². The van der Waals surface area contributed by atoms with Crippen LogP contribution in [0.2, 0.25) is 0 Å². The number of aromatic nitrogens is 3. The number of hydrogen-bond acceptors (Lipinski definition) is 5. The Labute approximate surface area is 129 Å². The second kappa shape index (κ2) is 6.85. The van der Waals surface area contributed by atoms with E-state index in [1.807, 2.05) is 11.4 Å². The molecule has 0 saturated carbocycles. The van der Waals surface area contributed by atoms with E-state index in [1.54, 1.807) is 7.05 Å². The molecule has 0 aromatic carbocycles. The average Bonchev–Trinajstić information content (AvgIpc) is 2.90. The van der Waals surface area contributed by atoms with Crippen molar-refractivity contribution in [2.24, 2.45) is 7.05 Å². The number of thiazole rings is 1. The highest BCUT2D eigenvalue weighted by Gasteiger charge is 2.13. The average molecular weight is 306 g/mol. The molecule has 0 unspecified atom stereocenters. The van der Waals surface area contributed by atoms with Crippen LogP contribution in [0.15, 0.2) is 16.2 Å². The van der Waals surface area contributed by atoms with E-state index in [0.717, 1.165) is 35.9 Å². The standard InChI is InChI=1S/C15H22N4OS/c1-5-6-7-16-15-17-13(9-21-15)11-8-12(10(2)3)18-19(4)14(11)20/h8-10H,5-7H2,1-4H3,(H,16,17). The van der Waals surface area contributed by atoms with Crippen molar-refractivity contribution in [3.8, 4) is 11.3 Å². The summed E-state index contributed by atoms with van der Waals surface area (Å²) in [6.45, 7) is 7.20. The highest BCUT2D eigenvalue weighted by Crippen LogP contribution is 2.24. The molecule has 0 spiro atoms. The van der Waals surface area contributed by atoms with E-state index in [4.69, 9.17) is 0 Å². The Hall–Kier alpha value is -1.69. The number of anilines is 1. The van der Waals surface area contributed by atoms with Gasteiger partial charge >= 0.3 is 0 Å². The maximum absolute atomic E-state index is 12.3. The molecule has 5 nitrogen and oxygen atoms in total. The van der Waals surface area contributed by atoms with Crippen molar-refractivity contribution in [1.29, 1.82) is 0 Å². The molecule has 1 N–H and O–H groups in total. The molecule has 6 heteroatoms. The Bertz CT molecular complexity index is 660. The summed E-state index contributed by atoms with van der Waals surface area (Å²) in [6, 6.07) is 1.86. The lowest BCUT2D eigenvalue weighted by Crippen LogP contribution is -2.23. The number of aryl methyl sites for hydroxylation is 1. The van der Waals surface area contributed by atoms with Crippen molar-refractivity contribution >= 4 is 16.5 Å². The maximum atomic E-state index is 12.3. The van der Waals surface area contributed by atoms with E-state index in [9.17, 15) is 4.79 Å². The number of nitrogens with one attached hydrogen (secondary N) is 1. The molecule has 0 aliphatic rings. The summed E-state index contributed by atoms with van der Waals surface area (Å²) in [5.41, 5.74) is 2.14. The Morgan fingerprint density at radius 1 is 1.43 bits per heavy atom. The van der Waals surface area contributed by atoms with Gasteiger partial charge < -0.3 is 5.32 Å². The fourth-order valence-electron chi connectivity index (χ4n) is 1.95. The smallest absolute Gasteiger partial charge is 0.275 e. The molecule has 2 heterocycles. The van der Waals surface area contributed by atoms with E-state index in [0.29, 0.717) is 5.56 Å². The first-order chi connectivity index (χ1) is 10.0. The normalized spacial score (nSPS) is 11.1. The largest absolute Gasteiger partial charge is 0.362 e. The predicted molar refractivity (Wildman–Crippen MR) is 88.1 cm³/mol. The summed E-state index contributed by atoms with van der Waals surface area (Å²) < 4.78 is 1.40. The van der Waals surface area contributed by atoms with Gasteiger partial charge in [-0.05, 0) is 18.4 Å². The lowest BCUT2D eigenvalue weighted by molar-refractivity contribution is 0.655. The third-order valence-corrected chi connectivity index (χ3v) is 4.06. The van der Waals surface area contributed by atoms with Gasteiger partial charge in [0.25, 0.3) is 5.56 Å². The van der Waals surface area contributed by atoms with Crippen LogP contribution >= 0.6 is 11.3 Å². The fraction of sp³-hybridized carbons (Fsp3) is 0.533. The third-order valence-electron chi connectivity index (χ3n) is 3.26. The Balaban J connectivity index is 2.31. The van der Waals surface area contributed by atoms with Crippen molar-refractivity contribution in [1.82, 2.24) is 14.8 Å². The molecule has 0 radical (unpaired) electrons. The van der Waals surface area contributed by atoms with Crippen LogP contribution < -0.4 is 10.9 Å². The number of unbranched alkanes of at least 4 members (excludes halogenated alkanes) is 1. The summed E-state index contributed by atoms with van der Waals surface area (Å²) in [5, 5.41) is 10.4. The highest BCUT2D eigenvalue weighted by molar-refractivity contribution is 7.14. The Morgan fingerprint density at radius 3 is 2.86 bits per heavy atom. The zero-order valence-electron chi connectivity index (χ0n) is 13.0. The first-order valence-corrected chi connectivity index (χ1v) is 8.19. The second-order valence-electron chi connectivity index (χ2n) is 5.38. The molecule has 114 valence electrons. The monoisotopic (exact) mass is 306 g/mol. The lowest BCUT2D eigenvalue weighted by Gasteiger charge is -2.08. The zero-order valence-corrected chi connectivity index (χ0v) is 13.8. The molecule has 2 aromatic rings. The van der Waals surface area contributed by atoms with Gasteiger partial charge in [-0.15, -0.1) is 11.3 Å². The number of rotatable bonds is 6. The van der Waals surface area contributed by atoms with E-state index in [1.165, 1.54) is 16.0 Å². The fourth-order valence-corrected chi connectivity index (χ4v) is 2.69. The van der Waals surface area contributed by atoms with Crippen LogP contribution in [0.5, 0.6) is 0 Å². The summed E-state index contributed by atoms with van der Waals surface area (Å²) >= 11 is 1.53. The topological polar surface area (TPSA) is 59.8 Å². The third kappa shape index (κ3) is 3.69. The van der Waals surface area contributed by atoms with Crippen molar-refractivity contribution in [2.75, 3.05) is 11.9 Å². The molecule has 0 fully saturated rings. The molecule has 21 heavy (non-hydrogen) atoms. The van der Waals surface area contributed by atoms with Gasteiger partial charge in [0.1, 0.15) is 0 Å². The molecule has 2 rings (SSSR count). The van der Waals surface area contributed by atoms with Crippen LogP contribution in [0, 0.1) is 0 Å². The van der Waals surface area contributed by atoms with Crippen LogP contribution in [-0.2, 0) is 7.05 Å². The van der Waals surface area contributed by atoms with Crippen LogP contribution in [0.4, 0.5) is 5.13 Å². The molecule has 0 atom stereocenters. The summed E-state index contributed by atoms with van der Waals surface area (Å²) in [7, 11) is 1.69. The van der Waals surface area contributed by atoms with Crippen LogP contribution in [0.1, 0.15) is 45.2 Å². The van der Waals surface area contributed by atoms with Gasteiger partial charge in [0.2, 0.25) is 0 Å². The maximum Gasteiger partial charge on any atom is 0.275 e. The molecular formula is C15H22N4OS. The molecule has 0 amide bonds. The molecule has 0 saturated heterocycles. The van der Waals surface area contributed by atoms with Gasteiger partial charge in [0.15, 0.2) is 5.13 Å². The molecule has 2 aromatic heterocycles. The summed E-state index contributed by atoms with van der Waals surface area (Å²) in [6.07, 6.45) is 2.26. The van der Waals surface area contributed by atoms with Crippen molar-refractivity contribution in [2.45, 2.75) is 39.5 Å². The SMILES string of the molecule is CCCCNc1nc(-c2cc(C(C)C)nn(C)c2=O)cs1. The highest BCUT2D eigenvalue weighted by atomic mass is 32.1. The van der Waals surface area contributed by atoms with Gasteiger partial charge in [-0.3, -0.25) is 4.79 Å². The first-order valence-electron chi connectivity index (χ1n) is 7.31. The minimum absolute atomic E-state index is 0.107. The summed E-state index contributed by atoms with van der Waals surface area (Å²) in [5.74, 6) is 0.274. The van der Waals surface area contributed by atoms with Gasteiger partial charge in [0.05, 0.1) is 17.0 Å². The van der Waals surface area contributed by atoms with Crippen molar-refractivity contribution in [3.05, 3.63) is 27.5 Å². The quantitative estimate of drug-likeness (QED) is 0.832.